The van der Waals surface area contributed by atoms with Crippen molar-refractivity contribution in [3.05, 3.63) is 24.3 Å². The Morgan fingerprint density at radius 1 is 1.55 bits per heavy atom. The average Bonchev–Trinajstić information content (AvgIpc) is 2.43. The zero-order chi connectivity index (χ0) is 7.82. The Kier molecular flexibility index (Phi) is 13.0. The Morgan fingerprint density at radius 2 is 2.09 bits per heavy atom. The van der Waals surface area contributed by atoms with Gasteiger partial charge in [0.2, 0.25) is 0 Å². The second-order valence-corrected chi connectivity index (χ2v) is 2.32. The molecule has 0 saturated carbocycles. The Bertz CT molecular complexity index is 111. The molecule has 0 unspecified atom stereocenters. The molecule has 0 aromatic heterocycles. The first-order valence-electron chi connectivity index (χ1n) is 3.26. The van der Waals surface area contributed by atoms with Gasteiger partial charge in [0, 0.05) is 18.6 Å². The van der Waals surface area contributed by atoms with E-state index < -0.39 is 0 Å². The molecule has 0 fully saturated rings. The van der Waals surface area contributed by atoms with Crippen LogP contribution in [0.1, 0.15) is 20.3 Å². The molecule has 1 nitrogen and oxygen atoms in total. The van der Waals surface area contributed by atoms with E-state index in [1.165, 1.54) is 0 Å². The molecule has 1 radical (unpaired) electrons. The first kappa shape index (κ1) is 13.9. The van der Waals surface area contributed by atoms with Crippen molar-refractivity contribution in [2.45, 2.75) is 26.4 Å². The molecule has 63 valence electrons. The summed E-state index contributed by atoms with van der Waals surface area (Å²) in [5, 5.41) is 0. The van der Waals surface area contributed by atoms with E-state index in [0.717, 1.165) is 6.42 Å². The molecule has 0 heterocycles. The van der Waals surface area contributed by atoms with E-state index in [1.54, 1.807) is 0 Å². The standard InChI is InChI=1S/C5H5.C3H7ClO.V/c1-2-4-5-3-1;1-3(2)5-4;/h1-3H,4H2;3H,1-2H3;/q-1;;. The van der Waals surface area contributed by atoms with Crippen LogP contribution >= 0.6 is 11.9 Å². The largest absolute Gasteiger partial charge is 0.276 e. The molecule has 0 aliphatic heterocycles. The zero-order valence-electron chi connectivity index (χ0n) is 6.75. The Morgan fingerprint density at radius 3 is 2.18 bits per heavy atom. The first-order chi connectivity index (χ1) is 4.77. The Balaban J connectivity index is 0. The van der Waals surface area contributed by atoms with E-state index >= 15 is 0 Å². The van der Waals surface area contributed by atoms with Crippen LogP contribution in [0.5, 0.6) is 0 Å². The van der Waals surface area contributed by atoms with Crippen LogP contribution < -0.4 is 0 Å². The molecule has 0 atom stereocenters. The molecule has 0 spiro atoms. The first-order valence-corrected chi connectivity index (χ1v) is 3.57. The van der Waals surface area contributed by atoms with Gasteiger partial charge in [0.15, 0.2) is 0 Å². The van der Waals surface area contributed by atoms with Crippen LogP contribution in [-0.4, -0.2) is 6.10 Å². The molecule has 0 aromatic rings. The normalized spacial score (nSPS) is 12.4. The van der Waals surface area contributed by atoms with Crippen molar-refractivity contribution >= 4 is 11.9 Å². The fraction of sp³-hybridized carbons (Fsp3) is 0.500. The van der Waals surface area contributed by atoms with Crippen molar-refractivity contribution in [1.29, 1.82) is 0 Å². The van der Waals surface area contributed by atoms with Crippen LogP contribution in [0, 0.1) is 6.08 Å². The maximum absolute atomic E-state index is 4.84. The SMILES string of the molecule is CC(C)OCl.[C-]1=CC=CC1.[V]. The number of allylic oxidation sites excluding steroid dienone is 4. The summed E-state index contributed by atoms with van der Waals surface area (Å²) in [5.74, 6) is 0. The second-order valence-electron chi connectivity index (χ2n) is 2.14. The summed E-state index contributed by atoms with van der Waals surface area (Å²) >= 11 is 4.84. The summed E-state index contributed by atoms with van der Waals surface area (Å²) in [7, 11) is 0. The monoisotopic (exact) mass is 210 g/mol. The maximum atomic E-state index is 4.84. The van der Waals surface area contributed by atoms with Crippen LogP contribution in [-0.2, 0) is 22.8 Å². The third kappa shape index (κ3) is 13.3. The predicted molar refractivity (Wildman–Crippen MR) is 43.6 cm³/mol. The summed E-state index contributed by atoms with van der Waals surface area (Å²) in [4.78, 5) is 0. The van der Waals surface area contributed by atoms with E-state index in [1.807, 2.05) is 26.0 Å². The van der Waals surface area contributed by atoms with Gasteiger partial charge in [0.1, 0.15) is 0 Å². The molecule has 1 aliphatic carbocycles. The van der Waals surface area contributed by atoms with Gasteiger partial charge in [-0.2, -0.15) is 6.08 Å². The summed E-state index contributed by atoms with van der Waals surface area (Å²) < 4.78 is 4.22. The van der Waals surface area contributed by atoms with E-state index in [0.29, 0.717) is 0 Å². The van der Waals surface area contributed by atoms with Gasteiger partial charge in [-0.25, -0.2) is 12.2 Å². The fourth-order valence-corrected chi connectivity index (χ4v) is 0.340. The third-order valence-corrected chi connectivity index (χ3v) is 1.12. The van der Waals surface area contributed by atoms with Crippen LogP contribution in [0.3, 0.4) is 0 Å². The third-order valence-electron chi connectivity index (χ3n) is 0.764. The van der Waals surface area contributed by atoms with Gasteiger partial charge < -0.3 is 0 Å². The summed E-state index contributed by atoms with van der Waals surface area (Å²) in [5.41, 5.74) is 0. The van der Waals surface area contributed by atoms with Gasteiger partial charge in [-0.15, -0.1) is 6.42 Å². The molecule has 0 amide bonds. The van der Waals surface area contributed by atoms with Crippen molar-refractivity contribution < 1.29 is 22.8 Å². The van der Waals surface area contributed by atoms with Gasteiger partial charge in [-0.1, -0.05) is 0 Å². The van der Waals surface area contributed by atoms with E-state index in [-0.39, 0.29) is 24.7 Å². The van der Waals surface area contributed by atoms with Crippen molar-refractivity contribution in [3.8, 4) is 0 Å². The van der Waals surface area contributed by atoms with E-state index in [2.05, 4.69) is 16.4 Å². The van der Waals surface area contributed by atoms with Crippen molar-refractivity contribution in [3.63, 3.8) is 0 Å². The Hall–Kier alpha value is 0.314. The van der Waals surface area contributed by atoms with E-state index in [4.69, 9.17) is 11.9 Å². The molecule has 0 N–H and O–H groups in total. The minimum Gasteiger partial charge on any atom is -0.276 e. The van der Waals surface area contributed by atoms with Crippen molar-refractivity contribution in [2.24, 2.45) is 0 Å². The smallest absolute Gasteiger partial charge is 0.0734 e. The molecule has 0 saturated heterocycles. The van der Waals surface area contributed by atoms with Gasteiger partial charge in [0.05, 0.1) is 18.0 Å². The zero-order valence-corrected chi connectivity index (χ0v) is 8.90. The van der Waals surface area contributed by atoms with Crippen LogP contribution in [0.2, 0.25) is 0 Å². The number of rotatable bonds is 1. The Labute approximate surface area is 85.5 Å². The van der Waals surface area contributed by atoms with Gasteiger partial charge >= 0.3 is 0 Å². The van der Waals surface area contributed by atoms with Gasteiger partial charge in [0.25, 0.3) is 0 Å². The predicted octanol–water partition coefficient (Wildman–Crippen LogP) is 2.87. The number of hydrogen-bond donors (Lipinski definition) is 0. The van der Waals surface area contributed by atoms with Gasteiger partial charge in [-0.3, -0.25) is 10.4 Å². The topological polar surface area (TPSA) is 9.23 Å². The minimum absolute atomic E-state index is 0. The van der Waals surface area contributed by atoms with Crippen molar-refractivity contribution in [2.75, 3.05) is 0 Å². The summed E-state index contributed by atoms with van der Waals surface area (Å²) in [6.45, 7) is 3.74. The van der Waals surface area contributed by atoms with Crippen LogP contribution in [0.25, 0.3) is 0 Å². The number of hydrogen-bond acceptors (Lipinski definition) is 1. The quantitative estimate of drug-likeness (QED) is 0.605. The molecule has 11 heavy (non-hydrogen) atoms. The molecule has 1 rings (SSSR count). The van der Waals surface area contributed by atoms with Crippen LogP contribution in [0.4, 0.5) is 0 Å². The number of halogens is 1. The maximum Gasteiger partial charge on any atom is 0.0734 e. The average molecular weight is 211 g/mol. The van der Waals surface area contributed by atoms with Crippen molar-refractivity contribution in [1.82, 2.24) is 0 Å². The molecular formula is C8H12ClOV-. The van der Waals surface area contributed by atoms with Gasteiger partial charge in [-0.05, 0) is 13.8 Å². The molecular weight excluding hydrogens is 198 g/mol. The molecule has 0 aromatic carbocycles. The minimum atomic E-state index is 0. The fourth-order valence-electron chi connectivity index (χ4n) is 0.340. The van der Waals surface area contributed by atoms with E-state index in [9.17, 15) is 0 Å². The summed E-state index contributed by atoms with van der Waals surface area (Å²) in [6.07, 6.45) is 10.1. The summed E-state index contributed by atoms with van der Waals surface area (Å²) in [6, 6.07) is 0. The molecule has 3 heteroatoms. The second kappa shape index (κ2) is 10.3. The van der Waals surface area contributed by atoms with Crippen LogP contribution in [0.15, 0.2) is 18.2 Å². The molecule has 1 aliphatic rings. The molecule has 0 bridgehead atoms.